The predicted octanol–water partition coefficient (Wildman–Crippen LogP) is 2.15. The van der Waals surface area contributed by atoms with Gasteiger partial charge in [0.2, 0.25) is 0 Å². The van der Waals surface area contributed by atoms with Gasteiger partial charge >= 0.3 is 5.69 Å². The molecule has 2 aromatic rings. The molecule has 0 saturated carbocycles. The van der Waals surface area contributed by atoms with Gasteiger partial charge in [-0.3, -0.25) is 9.36 Å². The lowest BCUT2D eigenvalue weighted by atomic mass is 10.1. The lowest BCUT2D eigenvalue weighted by molar-refractivity contribution is 0.111. The first-order valence-electron chi connectivity index (χ1n) is 5.83. The van der Waals surface area contributed by atoms with Crippen LogP contribution >= 0.6 is 11.6 Å². The predicted molar refractivity (Wildman–Crippen MR) is 72.5 cm³/mol. The highest BCUT2D eigenvalue weighted by Crippen LogP contribution is 2.17. The summed E-state index contributed by atoms with van der Waals surface area (Å²) in [6.45, 7) is 0. The Morgan fingerprint density at radius 2 is 2.21 bits per heavy atom. The number of allylic oxidation sites excluding steroid dienone is 4. The van der Waals surface area contributed by atoms with E-state index in [4.69, 9.17) is 11.6 Å². The SMILES string of the molecule is O=Cc1cc2ncc(Cl)n2c(=O)n1C1=CCCC=C1. The fourth-order valence-corrected chi connectivity index (χ4v) is 2.36. The Morgan fingerprint density at radius 3 is 2.89 bits per heavy atom. The zero-order chi connectivity index (χ0) is 13.4. The summed E-state index contributed by atoms with van der Waals surface area (Å²) in [7, 11) is 0. The number of halogens is 1. The molecule has 0 radical (unpaired) electrons. The van der Waals surface area contributed by atoms with E-state index < -0.39 is 0 Å². The van der Waals surface area contributed by atoms with Gasteiger partial charge in [0.15, 0.2) is 6.29 Å². The van der Waals surface area contributed by atoms with Crippen molar-refractivity contribution in [2.45, 2.75) is 12.8 Å². The molecule has 2 heterocycles. The molecule has 0 saturated heterocycles. The summed E-state index contributed by atoms with van der Waals surface area (Å²) in [4.78, 5) is 27.6. The average Bonchev–Trinajstić information content (AvgIpc) is 2.81. The lowest BCUT2D eigenvalue weighted by Gasteiger charge is -2.13. The van der Waals surface area contributed by atoms with E-state index in [1.165, 1.54) is 15.2 Å². The third-order valence-corrected chi connectivity index (χ3v) is 3.28. The van der Waals surface area contributed by atoms with E-state index in [1.54, 1.807) is 6.07 Å². The molecule has 1 aliphatic carbocycles. The molecule has 0 fully saturated rings. The minimum absolute atomic E-state index is 0.228. The molecule has 0 N–H and O–H groups in total. The fraction of sp³-hybridized carbons (Fsp3) is 0.154. The number of fused-ring (bicyclic) bond motifs is 1. The number of nitrogens with zero attached hydrogens (tertiary/aromatic N) is 3. The molecule has 5 nitrogen and oxygen atoms in total. The van der Waals surface area contributed by atoms with Crippen LogP contribution in [-0.4, -0.2) is 20.2 Å². The van der Waals surface area contributed by atoms with Gasteiger partial charge in [-0.2, -0.15) is 0 Å². The first-order valence-corrected chi connectivity index (χ1v) is 6.21. The van der Waals surface area contributed by atoms with E-state index in [9.17, 15) is 9.59 Å². The van der Waals surface area contributed by atoms with E-state index in [0.717, 1.165) is 12.8 Å². The van der Waals surface area contributed by atoms with Crippen LogP contribution < -0.4 is 5.69 Å². The van der Waals surface area contributed by atoms with E-state index >= 15 is 0 Å². The van der Waals surface area contributed by atoms with Crippen LogP contribution in [0, 0.1) is 0 Å². The maximum atomic E-state index is 12.5. The smallest absolute Gasteiger partial charge is 0.296 e. The van der Waals surface area contributed by atoms with Crippen molar-refractivity contribution >= 4 is 29.2 Å². The highest BCUT2D eigenvalue weighted by molar-refractivity contribution is 6.29. The molecule has 0 spiro atoms. The second kappa shape index (κ2) is 4.51. The second-order valence-electron chi connectivity index (χ2n) is 4.19. The van der Waals surface area contributed by atoms with Crippen molar-refractivity contribution in [3.05, 3.63) is 51.8 Å². The van der Waals surface area contributed by atoms with Crippen molar-refractivity contribution in [2.75, 3.05) is 0 Å². The first kappa shape index (κ1) is 11.9. The van der Waals surface area contributed by atoms with Gasteiger partial charge in [-0.05, 0) is 18.9 Å². The number of aldehydes is 1. The van der Waals surface area contributed by atoms with Gasteiger partial charge in [-0.15, -0.1) is 0 Å². The summed E-state index contributed by atoms with van der Waals surface area (Å²) in [5.41, 5.74) is 0.927. The molecule has 0 aromatic carbocycles. The van der Waals surface area contributed by atoms with Crippen molar-refractivity contribution < 1.29 is 4.79 Å². The average molecular weight is 276 g/mol. The number of rotatable bonds is 2. The summed E-state index contributed by atoms with van der Waals surface area (Å²) >= 11 is 5.95. The van der Waals surface area contributed by atoms with Crippen molar-refractivity contribution in [2.24, 2.45) is 0 Å². The van der Waals surface area contributed by atoms with Crippen LogP contribution in [0.4, 0.5) is 0 Å². The Hall–Kier alpha value is -2.14. The van der Waals surface area contributed by atoms with Crippen LogP contribution in [0.2, 0.25) is 5.15 Å². The van der Waals surface area contributed by atoms with E-state index in [1.807, 2.05) is 18.2 Å². The molecule has 0 atom stereocenters. The number of hydrogen-bond acceptors (Lipinski definition) is 3. The quantitative estimate of drug-likeness (QED) is 0.789. The summed E-state index contributed by atoms with van der Waals surface area (Å²) in [5, 5.41) is 0.228. The molecule has 1 aliphatic rings. The van der Waals surface area contributed by atoms with Crippen molar-refractivity contribution in [1.29, 1.82) is 0 Å². The van der Waals surface area contributed by atoms with E-state index in [0.29, 0.717) is 17.6 Å². The van der Waals surface area contributed by atoms with Gasteiger partial charge in [-0.25, -0.2) is 14.2 Å². The van der Waals surface area contributed by atoms with Crippen LogP contribution in [0.1, 0.15) is 23.3 Å². The number of hydrogen-bond donors (Lipinski definition) is 0. The monoisotopic (exact) mass is 275 g/mol. The summed E-state index contributed by atoms with van der Waals surface area (Å²) in [6.07, 6.45) is 9.53. The summed E-state index contributed by atoms with van der Waals surface area (Å²) in [5.74, 6) is 0. The molecule has 2 aromatic heterocycles. The number of imidazole rings is 1. The highest BCUT2D eigenvalue weighted by Gasteiger charge is 2.14. The zero-order valence-corrected chi connectivity index (χ0v) is 10.7. The summed E-state index contributed by atoms with van der Waals surface area (Å²) in [6, 6.07) is 1.55. The Balaban J connectivity index is 2.39. The normalized spacial score (nSPS) is 14.7. The van der Waals surface area contributed by atoms with Gasteiger partial charge in [-0.1, -0.05) is 23.8 Å². The molecule has 96 valence electrons. The Labute approximate surface area is 113 Å². The van der Waals surface area contributed by atoms with E-state index in [2.05, 4.69) is 4.98 Å². The molecule has 6 heteroatoms. The highest BCUT2D eigenvalue weighted by atomic mass is 35.5. The van der Waals surface area contributed by atoms with Crippen LogP contribution in [-0.2, 0) is 0 Å². The van der Waals surface area contributed by atoms with Crippen molar-refractivity contribution in [1.82, 2.24) is 14.0 Å². The van der Waals surface area contributed by atoms with Gasteiger partial charge in [0.05, 0.1) is 11.9 Å². The standard InChI is InChI=1S/C13H10ClN3O2/c14-11-7-15-12-6-10(8-18)16(13(19)17(11)12)9-4-2-1-3-5-9/h2,4-8H,1,3H2. The minimum Gasteiger partial charge on any atom is -0.296 e. The number of aromatic nitrogens is 3. The lowest BCUT2D eigenvalue weighted by Crippen LogP contribution is -2.28. The maximum absolute atomic E-state index is 12.5. The van der Waals surface area contributed by atoms with Crippen molar-refractivity contribution in [3.63, 3.8) is 0 Å². The zero-order valence-electron chi connectivity index (χ0n) is 9.91. The van der Waals surface area contributed by atoms with Crippen LogP contribution in [0.25, 0.3) is 11.3 Å². The Morgan fingerprint density at radius 1 is 1.37 bits per heavy atom. The molecule has 0 aliphatic heterocycles. The van der Waals surface area contributed by atoms with Crippen molar-refractivity contribution in [3.8, 4) is 0 Å². The van der Waals surface area contributed by atoms with Gasteiger partial charge in [0.1, 0.15) is 10.8 Å². The fourth-order valence-electron chi connectivity index (χ4n) is 2.15. The van der Waals surface area contributed by atoms with Gasteiger partial charge in [0, 0.05) is 11.8 Å². The Bertz CT molecular complexity index is 783. The molecule has 0 amide bonds. The minimum atomic E-state index is -0.389. The van der Waals surface area contributed by atoms with Crippen LogP contribution in [0.5, 0.6) is 0 Å². The van der Waals surface area contributed by atoms with Gasteiger partial charge in [0.25, 0.3) is 0 Å². The van der Waals surface area contributed by atoms with Crippen LogP contribution in [0.15, 0.2) is 35.3 Å². The van der Waals surface area contributed by atoms with Crippen LogP contribution in [0.3, 0.4) is 0 Å². The first-order chi connectivity index (χ1) is 9.22. The third-order valence-electron chi connectivity index (χ3n) is 3.02. The molecular weight excluding hydrogens is 266 g/mol. The summed E-state index contributed by atoms with van der Waals surface area (Å²) < 4.78 is 2.63. The Kier molecular flexibility index (Phi) is 2.83. The number of carbonyl (C=O) groups is 1. The van der Waals surface area contributed by atoms with Gasteiger partial charge < -0.3 is 0 Å². The largest absolute Gasteiger partial charge is 0.340 e. The van der Waals surface area contributed by atoms with E-state index in [-0.39, 0.29) is 16.5 Å². The second-order valence-corrected chi connectivity index (χ2v) is 4.58. The molecule has 3 rings (SSSR count). The molecule has 19 heavy (non-hydrogen) atoms. The molecular formula is C13H10ClN3O2. The maximum Gasteiger partial charge on any atom is 0.340 e. The topological polar surface area (TPSA) is 56.4 Å². The number of carbonyl (C=O) groups excluding carboxylic acids is 1. The molecule has 0 bridgehead atoms. The molecule has 0 unspecified atom stereocenters. The third kappa shape index (κ3) is 1.82.